The highest BCUT2D eigenvalue weighted by molar-refractivity contribution is 6.01. The predicted molar refractivity (Wildman–Crippen MR) is 98.4 cm³/mol. The Kier molecular flexibility index (Phi) is 7.03. The summed E-state index contributed by atoms with van der Waals surface area (Å²) in [6.45, 7) is 2.88. The van der Waals surface area contributed by atoms with Crippen LogP contribution in [0.25, 0.3) is 0 Å². The number of para-hydroxylation sites is 1. The molecule has 2 rings (SSSR count). The number of ether oxygens (including phenoxy) is 2. The number of pyridine rings is 1. The number of anilines is 1. The van der Waals surface area contributed by atoms with Crippen molar-refractivity contribution in [1.29, 1.82) is 0 Å². The molecule has 0 radical (unpaired) electrons. The zero-order valence-corrected chi connectivity index (χ0v) is 15.7. The maximum Gasteiger partial charge on any atom is 0.441 e. The van der Waals surface area contributed by atoms with E-state index in [0.29, 0.717) is 0 Å². The Bertz CT molecular complexity index is 846. The van der Waals surface area contributed by atoms with E-state index in [9.17, 15) is 22.8 Å². The quantitative estimate of drug-likeness (QED) is 0.513. The van der Waals surface area contributed by atoms with Crippen LogP contribution < -0.4 is 15.4 Å². The second kappa shape index (κ2) is 9.26. The van der Waals surface area contributed by atoms with Gasteiger partial charge in [0.1, 0.15) is 11.6 Å². The van der Waals surface area contributed by atoms with Crippen LogP contribution in [0.2, 0.25) is 0 Å². The third kappa shape index (κ3) is 4.95. The molecule has 0 aliphatic rings. The van der Waals surface area contributed by atoms with Crippen molar-refractivity contribution in [1.82, 2.24) is 10.3 Å². The van der Waals surface area contributed by atoms with Crippen molar-refractivity contribution in [3.63, 3.8) is 0 Å². The maximum absolute atomic E-state index is 14.1. The zero-order chi connectivity index (χ0) is 21.5. The largest absolute Gasteiger partial charge is 0.493 e. The van der Waals surface area contributed by atoms with Gasteiger partial charge in [-0.2, -0.15) is 13.2 Å². The molecule has 0 aliphatic carbocycles. The van der Waals surface area contributed by atoms with Crippen LogP contribution in [0.4, 0.5) is 19.0 Å². The molecule has 0 saturated carbocycles. The number of rotatable bonds is 8. The Hall–Kier alpha value is -3.30. The fourth-order valence-corrected chi connectivity index (χ4v) is 2.43. The van der Waals surface area contributed by atoms with E-state index in [1.165, 1.54) is 49.5 Å². The summed E-state index contributed by atoms with van der Waals surface area (Å²) in [6, 6.07) is 9.88. The molecule has 1 aromatic heterocycles. The molecule has 0 bridgehead atoms. The minimum Gasteiger partial charge on any atom is -0.493 e. The molecule has 2 N–H and O–H groups in total. The zero-order valence-electron chi connectivity index (χ0n) is 15.7. The van der Waals surface area contributed by atoms with Gasteiger partial charge in [0.15, 0.2) is 0 Å². The van der Waals surface area contributed by atoms with Crippen molar-refractivity contribution in [2.45, 2.75) is 25.7 Å². The van der Waals surface area contributed by atoms with E-state index in [2.05, 4.69) is 9.72 Å². The lowest BCUT2D eigenvalue weighted by Crippen LogP contribution is -2.69. The number of carbonyl (C=O) groups is 2. The molecule has 1 atom stereocenters. The van der Waals surface area contributed by atoms with Gasteiger partial charge in [-0.1, -0.05) is 18.2 Å². The third-order valence-corrected chi connectivity index (χ3v) is 3.72. The number of halogens is 3. The fourth-order valence-electron chi connectivity index (χ4n) is 2.43. The number of alkyl halides is 3. The van der Waals surface area contributed by atoms with Crippen LogP contribution in [-0.2, 0) is 9.53 Å². The maximum atomic E-state index is 14.1. The molecule has 10 heteroatoms. The van der Waals surface area contributed by atoms with Crippen LogP contribution in [0.5, 0.6) is 5.75 Å². The molecule has 0 aliphatic heterocycles. The highest BCUT2D eigenvalue weighted by Gasteiger charge is 2.64. The number of nitrogens with one attached hydrogen (secondary N) is 2. The highest BCUT2D eigenvalue weighted by atomic mass is 19.4. The lowest BCUT2D eigenvalue weighted by atomic mass is 10.1. The van der Waals surface area contributed by atoms with Gasteiger partial charge in [0, 0.05) is 6.20 Å². The summed E-state index contributed by atoms with van der Waals surface area (Å²) < 4.78 is 52.3. The predicted octanol–water partition coefficient (Wildman–Crippen LogP) is 3.14. The summed E-state index contributed by atoms with van der Waals surface area (Å²) in [5.74, 6) is -3.11. The molecule has 2 aromatic rings. The number of nitrogens with zero attached hydrogens (tertiary/aromatic N) is 1. The van der Waals surface area contributed by atoms with Gasteiger partial charge in [0.05, 0.1) is 18.8 Å². The second-order valence-electron chi connectivity index (χ2n) is 5.69. The van der Waals surface area contributed by atoms with Gasteiger partial charge in [-0.25, -0.2) is 9.78 Å². The fraction of sp³-hybridized carbons (Fsp3) is 0.316. The minimum absolute atomic E-state index is 0.0743. The first-order valence-corrected chi connectivity index (χ1v) is 8.72. The second-order valence-corrected chi connectivity index (χ2v) is 5.69. The summed E-state index contributed by atoms with van der Waals surface area (Å²) in [6.07, 6.45) is -4.02. The molecule has 1 aromatic carbocycles. The topological polar surface area (TPSA) is 89.5 Å². The summed E-state index contributed by atoms with van der Waals surface area (Å²) in [5, 5.41) is 3.73. The standard InChI is InChI=1S/C19H20F3N3O4/c1-3-28-14-10-6-5-9-13(14)16(26)25-18(19(20,21)22,17(27)29-4-2)24-15-11-7-8-12-23-15/h5-12H,3-4H2,1-2H3,(H,23,24)(H,25,26)/t18-/m1/s1. The van der Waals surface area contributed by atoms with Gasteiger partial charge in [-0.15, -0.1) is 0 Å². The van der Waals surface area contributed by atoms with E-state index in [0.717, 1.165) is 0 Å². The average molecular weight is 411 g/mol. The number of aromatic nitrogens is 1. The summed E-state index contributed by atoms with van der Waals surface area (Å²) in [7, 11) is 0. The molecule has 156 valence electrons. The Balaban J connectivity index is 2.51. The number of hydrogen-bond donors (Lipinski definition) is 2. The van der Waals surface area contributed by atoms with Gasteiger partial charge in [0.25, 0.3) is 5.91 Å². The Labute approximate surface area is 165 Å². The summed E-state index contributed by atoms with van der Waals surface area (Å²) in [4.78, 5) is 28.9. The number of hydrogen-bond acceptors (Lipinski definition) is 6. The molecular formula is C19H20F3N3O4. The number of esters is 1. The van der Waals surface area contributed by atoms with Crippen molar-refractivity contribution in [2.24, 2.45) is 0 Å². The van der Waals surface area contributed by atoms with Gasteiger partial charge in [-0.3, -0.25) is 4.79 Å². The molecule has 0 saturated heterocycles. The van der Waals surface area contributed by atoms with Crippen molar-refractivity contribution in [3.8, 4) is 5.75 Å². The van der Waals surface area contributed by atoms with Crippen LogP contribution in [0.15, 0.2) is 48.7 Å². The van der Waals surface area contributed by atoms with Crippen molar-refractivity contribution in [3.05, 3.63) is 54.2 Å². The molecule has 29 heavy (non-hydrogen) atoms. The van der Waals surface area contributed by atoms with Crippen LogP contribution >= 0.6 is 0 Å². The first kappa shape index (κ1) is 22.0. The molecular weight excluding hydrogens is 391 g/mol. The van der Waals surface area contributed by atoms with E-state index in [1.807, 2.05) is 5.32 Å². The number of carbonyl (C=O) groups excluding carboxylic acids is 2. The summed E-state index contributed by atoms with van der Waals surface area (Å²) in [5.41, 5.74) is -3.73. The smallest absolute Gasteiger partial charge is 0.441 e. The molecule has 7 nitrogen and oxygen atoms in total. The van der Waals surface area contributed by atoms with Crippen molar-refractivity contribution >= 4 is 17.7 Å². The minimum atomic E-state index is -5.26. The third-order valence-electron chi connectivity index (χ3n) is 3.72. The molecule has 0 spiro atoms. The van der Waals surface area contributed by atoms with Crippen LogP contribution in [0.1, 0.15) is 24.2 Å². The molecule has 0 unspecified atom stereocenters. The molecule has 1 heterocycles. The highest BCUT2D eigenvalue weighted by Crippen LogP contribution is 2.33. The van der Waals surface area contributed by atoms with Crippen LogP contribution in [0, 0.1) is 0 Å². The van der Waals surface area contributed by atoms with Crippen LogP contribution in [-0.4, -0.2) is 41.9 Å². The SMILES string of the molecule is CCOC(=O)[C@](NC(=O)c1ccccc1OCC)(Nc1ccccn1)C(F)(F)F. The first-order chi connectivity index (χ1) is 13.7. The monoisotopic (exact) mass is 411 g/mol. The Morgan fingerprint density at radius 1 is 1.03 bits per heavy atom. The van der Waals surface area contributed by atoms with Gasteiger partial charge in [-0.05, 0) is 38.1 Å². The van der Waals surface area contributed by atoms with Gasteiger partial charge in [0.2, 0.25) is 0 Å². The number of amides is 1. The van der Waals surface area contributed by atoms with E-state index in [-0.39, 0.29) is 30.3 Å². The Morgan fingerprint density at radius 3 is 2.31 bits per heavy atom. The van der Waals surface area contributed by atoms with E-state index in [4.69, 9.17) is 4.74 Å². The first-order valence-electron chi connectivity index (χ1n) is 8.72. The van der Waals surface area contributed by atoms with E-state index < -0.39 is 23.7 Å². The lowest BCUT2D eigenvalue weighted by molar-refractivity contribution is -0.204. The van der Waals surface area contributed by atoms with Gasteiger partial charge >= 0.3 is 17.8 Å². The molecule has 1 amide bonds. The van der Waals surface area contributed by atoms with Crippen LogP contribution in [0.3, 0.4) is 0 Å². The molecule has 0 fully saturated rings. The van der Waals surface area contributed by atoms with Gasteiger partial charge < -0.3 is 20.1 Å². The van der Waals surface area contributed by atoms with E-state index >= 15 is 0 Å². The van der Waals surface area contributed by atoms with Crippen molar-refractivity contribution in [2.75, 3.05) is 18.5 Å². The average Bonchev–Trinajstić information content (AvgIpc) is 2.68. The normalized spacial score (nSPS) is 13.1. The van der Waals surface area contributed by atoms with E-state index in [1.54, 1.807) is 18.3 Å². The van der Waals surface area contributed by atoms with Crippen molar-refractivity contribution < 1.29 is 32.2 Å². The number of benzene rings is 1. The lowest BCUT2D eigenvalue weighted by Gasteiger charge is -2.35. The summed E-state index contributed by atoms with van der Waals surface area (Å²) >= 11 is 0. The Morgan fingerprint density at radius 2 is 1.72 bits per heavy atom.